The van der Waals surface area contributed by atoms with E-state index in [2.05, 4.69) is 12.4 Å². The van der Waals surface area contributed by atoms with Gasteiger partial charge in [-0.1, -0.05) is 0 Å². The molecular formula is C9H17N. The maximum atomic E-state index is 3.25. The van der Waals surface area contributed by atoms with Gasteiger partial charge in [0.05, 0.1) is 0 Å². The lowest BCUT2D eigenvalue weighted by Gasteiger charge is -2.35. The van der Waals surface area contributed by atoms with E-state index in [1.807, 2.05) is 0 Å². The first-order valence-electron chi connectivity index (χ1n) is 4.54. The second-order valence-electron chi connectivity index (χ2n) is 3.99. The molecule has 10 heavy (non-hydrogen) atoms. The Labute approximate surface area is 63.2 Å². The van der Waals surface area contributed by atoms with E-state index in [-0.39, 0.29) is 0 Å². The van der Waals surface area contributed by atoms with Crippen LogP contribution in [-0.4, -0.2) is 13.6 Å². The van der Waals surface area contributed by atoms with Gasteiger partial charge in [0.1, 0.15) is 0 Å². The van der Waals surface area contributed by atoms with Crippen LogP contribution in [0.5, 0.6) is 0 Å². The standard InChI is InChI=1S/C9H17N/c1-10-6-7-4-9(5-7)8-2-3-8/h7-10H,2-6H2,1H3. The normalized spacial score (nSPS) is 39.3. The molecule has 2 aliphatic rings. The van der Waals surface area contributed by atoms with E-state index in [9.17, 15) is 0 Å². The lowest BCUT2D eigenvalue weighted by atomic mass is 9.72. The van der Waals surface area contributed by atoms with Gasteiger partial charge in [0.15, 0.2) is 0 Å². The third-order valence-corrected chi connectivity index (χ3v) is 3.05. The van der Waals surface area contributed by atoms with Gasteiger partial charge in [-0.2, -0.15) is 0 Å². The zero-order valence-corrected chi connectivity index (χ0v) is 6.77. The molecule has 58 valence electrons. The first-order chi connectivity index (χ1) is 4.90. The maximum Gasteiger partial charge on any atom is -0.00233 e. The van der Waals surface area contributed by atoms with Crippen LogP contribution in [0.25, 0.3) is 0 Å². The van der Waals surface area contributed by atoms with Crippen molar-refractivity contribution in [2.24, 2.45) is 17.8 Å². The molecule has 0 aromatic heterocycles. The minimum atomic E-state index is 1.02. The molecule has 2 fully saturated rings. The molecule has 2 saturated carbocycles. The number of hydrogen-bond acceptors (Lipinski definition) is 1. The molecule has 0 spiro atoms. The predicted octanol–water partition coefficient (Wildman–Crippen LogP) is 1.64. The molecule has 0 aromatic carbocycles. The topological polar surface area (TPSA) is 12.0 Å². The minimum Gasteiger partial charge on any atom is -0.319 e. The van der Waals surface area contributed by atoms with Crippen LogP contribution in [-0.2, 0) is 0 Å². The van der Waals surface area contributed by atoms with E-state index in [4.69, 9.17) is 0 Å². The van der Waals surface area contributed by atoms with Crippen molar-refractivity contribution in [1.29, 1.82) is 0 Å². The summed E-state index contributed by atoms with van der Waals surface area (Å²) in [6, 6.07) is 0. The number of rotatable bonds is 3. The van der Waals surface area contributed by atoms with Crippen LogP contribution in [0.2, 0.25) is 0 Å². The Morgan fingerprint density at radius 1 is 1.20 bits per heavy atom. The Morgan fingerprint density at radius 2 is 1.90 bits per heavy atom. The number of hydrogen-bond donors (Lipinski definition) is 1. The van der Waals surface area contributed by atoms with Gasteiger partial charge in [0, 0.05) is 0 Å². The van der Waals surface area contributed by atoms with E-state index in [0.29, 0.717) is 0 Å². The maximum absolute atomic E-state index is 3.25. The summed E-state index contributed by atoms with van der Waals surface area (Å²) in [7, 11) is 2.06. The largest absolute Gasteiger partial charge is 0.319 e. The molecule has 0 aliphatic heterocycles. The molecule has 0 amide bonds. The van der Waals surface area contributed by atoms with Crippen molar-refractivity contribution in [2.75, 3.05) is 13.6 Å². The Balaban J connectivity index is 1.63. The van der Waals surface area contributed by atoms with Crippen LogP contribution in [0.1, 0.15) is 25.7 Å². The summed E-state index contributed by atoms with van der Waals surface area (Å²) in [5, 5.41) is 3.25. The molecule has 0 atom stereocenters. The van der Waals surface area contributed by atoms with Gasteiger partial charge >= 0.3 is 0 Å². The summed E-state index contributed by atoms with van der Waals surface area (Å²) in [6.07, 6.45) is 6.12. The third-order valence-electron chi connectivity index (χ3n) is 3.05. The molecule has 1 N–H and O–H groups in total. The molecule has 2 aliphatic carbocycles. The van der Waals surface area contributed by atoms with Crippen molar-refractivity contribution in [1.82, 2.24) is 5.32 Å². The highest BCUT2D eigenvalue weighted by molar-refractivity contribution is 4.90. The molecule has 0 radical (unpaired) electrons. The van der Waals surface area contributed by atoms with Crippen molar-refractivity contribution in [3.8, 4) is 0 Å². The highest BCUT2D eigenvalue weighted by atomic mass is 14.8. The van der Waals surface area contributed by atoms with Gasteiger partial charge in [0.25, 0.3) is 0 Å². The van der Waals surface area contributed by atoms with Gasteiger partial charge in [0.2, 0.25) is 0 Å². The average Bonchev–Trinajstić information content (AvgIpc) is 2.59. The molecule has 0 heterocycles. The van der Waals surface area contributed by atoms with E-state index >= 15 is 0 Å². The average molecular weight is 139 g/mol. The predicted molar refractivity (Wildman–Crippen MR) is 42.9 cm³/mol. The van der Waals surface area contributed by atoms with E-state index in [0.717, 1.165) is 17.8 Å². The minimum absolute atomic E-state index is 1.02. The fourth-order valence-electron chi connectivity index (χ4n) is 2.20. The van der Waals surface area contributed by atoms with Crippen LogP contribution in [0.3, 0.4) is 0 Å². The van der Waals surface area contributed by atoms with Crippen molar-refractivity contribution in [3.63, 3.8) is 0 Å². The van der Waals surface area contributed by atoms with E-state index in [1.165, 1.54) is 32.2 Å². The van der Waals surface area contributed by atoms with Gasteiger partial charge in [-0.15, -0.1) is 0 Å². The molecule has 0 saturated heterocycles. The van der Waals surface area contributed by atoms with Crippen LogP contribution >= 0.6 is 0 Å². The van der Waals surface area contributed by atoms with Crippen LogP contribution in [0.4, 0.5) is 0 Å². The van der Waals surface area contributed by atoms with Crippen LogP contribution in [0, 0.1) is 17.8 Å². The smallest absolute Gasteiger partial charge is 0.00233 e. The third kappa shape index (κ3) is 1.20. The summed E-state index contributed by atoms with van der Waals surface area (Å²) in [5.74, 6) is 3.32. The fourth-order valence-corrected chi connectivity index (χ4v) is 2.20. The fraction of sp³-hybridized carbons (Fsp3) is 1.00. The van der Waals surface area contributed by atoms with Gasteiger partial charge in [-0.05, 0) is 57.0 Å². The van der Waals surface area contributed by atoms with Crippen molar-refractivity contribution < 1.29 is 0 Å². The van der Waals surface area contributed by atoms with Crippen molar-refractivity contribution in [3.05, 3.63) is 0 Å². The zero-order chi connectivity index (χ0) is 6.97. The van der Waals surface area contributed by atoms with E-state index < -0.39 is 0 Å². The quantitative estimate of drug-likeness (QED) is 0.627. The summed E-state index contributed by atoms with van der Waals surface area (Å²) >= 11 is 0. The highest BCUT2D eigenvalue weighted by Gasteiger charge is 2.39. The van der Waals surface area contributed by atoms with Crippen molar-refractivity contribution >= 4 is 0 Å². The summed E-state index contributed by atoms with van der Waals surface area (Å²) < 4.78 is 0. The first kappa shape index (κ1) is 6.66. The van der Waals surface area contributed by atoms with Crippen LogP contribution in [0.15, 0.2) is 0 Å². The lowest BCUT2D eigenvalue weighted by molar-refractivity contribution is 0.168. The van der Waals surface area contributed by atoms with Gasteiger partial charge < -0.3 is 5.32 Å². The highest BCUT2D eigenvalue weighted by Crippen LogP contribution is 2.49. The van der Waals surface area contributed by atoms with Gasteiger partial charge in [-0.3, -0.25) is 0 Å². The SMILES string of the molecule is CNCC1CC(C2CC2)C1. The second-order valence-corrected chi connectivity index (χ2v) is 3.99. The summed E-state index contributed by atoms with van der Waals surface area (Å²) in [6.45, 7) is 1.25. The molecule has 0 bridgehead atoms. The zero-order valence-electron chi connectivity index (χ0n) is 6.77. The monoisotopic (exact) mass is 139 g/mol. The Morgan fingerprint density at radius 3 is 2.40 bits per heavy atom. The molecule has 1 nitrogen and oxygen atoms in total. The van der Waals surface area contributed by atoms with Crippen molar-refractivity contribution in [2.45, 2.75) is 25.7 Å². The molecule has 1 heteroatoms. The molecule has 0 aromatic rings. The Bertz CT molecular complexity index is 112. The van der Waals surface area contributed by atoms with Crippen LogP contribution < -0.4 is 5.32 Å². The molecule has 0 unspecified atom stereocenters. The first-order valence-corrected chi connectivity index (χ1v) is 4.54. The van der Waals surface area contributed by atoms with Gasteiger partial charge in [-0.25, -0.2) is 0 Å². The Kier molecular flexibility index (Phi) is 1.69. The number of nitrogens with one attached hydrogen (secondary N) is 1. The van der Waals surface area contributed by atoms with E-state index in [1.54, 1.807) is 0 Å². The molecular weight excluding hydrogens is 122 g/mol. The summed E-state index contributed by atoms with van der Waals surface area (Å²) in [5.41, 5.74) is 0. The lowest BCUT2D eigenvalue weighted by Crippen LogP contribution is -2.32. The Hall–Kier alpha value is -0.0400. The summed E-state index contributed by atoms with van der Waals surface area (Å²) in [4.78, 5) is 0. The molecule has 2 rings (SSSR count). The second kappa shape index (κ2) is 2.54.